The summed E-state index contributed by atoms with van der Waals surface area (Å²) in [6.45, 7) is 3.53. The summed E-state index contributed by atoms with van der Waals surface area (Å²) >= 11 is 0. The summed E-state index contributed by atoms with van der Waals surface area (Å²) in [5.41, 5.74) is 0. The van der Waals surface area contributed by atoms with Gasteiger partial charge in [0.25, 0.3) is 5.95 Å². The van der Waals surface area contributed by atoms with Crippen LogP contribution in [0.15, 0.2) is 0 Å². The Morgan fingerprint density at radius 3 is 2.60 bits per heavy atom. The molecule has 1 aromatic rings. The molecule has 0 spiro atoms. The Hall–Kier alpha value is -2.19. The van der Waals surface area contributed by atoms with E-state index in [2.05, 4.69) is 26.0 Å². The van der Waals surface area contributed by atoms with Crippen molar-refractivity contribution < 1.29 is 14.7 Å². The summed E-state index contributed by atoms with van der Waals surface area (Å²) in [5, 5.41) is 25.0. The van der Waals surface area contributed by atoms with Crippen LogP contribution in [0.3, 0.4) is 0 Å². The van der Waals surface area contributed by atoms with Gasteiger partial charge in [-0.05, 0) is 25.0 Å². The van der Waals surface area contributed by atoms with E-state index in [1.807, 2.05) is 6.92 Å². The molecule has 0 fully saturated rings. The van der Waals surface area contributed by atoms with Gasteiger partial charge < -0.3 is 10.4 Å². The molecule has 1 aromatic heterocycles. The van der Waals surface area contributed by atoms with E-state index in [4.69, 9.17) is 5.11 Å². The fourth-order valence-corrected chi connectivity index (χ4v) is 1.62. The third kappa shape index (κ3) is 5.63. The topological polar surface area (TPSA) is 122 Å². The molecule has 0 aliphatic heterocycles. The molecule has 0 saturated carbocycles. The number of carboxylic acid groups (broad SMARTS) is 1. The van der Waals surface area contributed by atoms with Gasteiger partial charge in [-0.15, -0.1) is 5.10 Å². The number of amides is 2. The van der Waals surface area contributed by atoms with Crippen molar-refractivity contribution in [3.8, 4) is 0 Å². The van der Waals surface area contributed by atoms with Gasteiger partial charge in [0.05, 0.1) is 13.0 Å². The molecule has 0 aromatic carbocycles. The number of nitrogens with zero attached hydrogens (tertiary/aromatic N) is 4. The zero-order valence-corrected chi connectivity index (χ0v) is 11.8. The second-order valence-electron chi connectivity index (χ2n) is 4.77. The zero-order valence-electron chi connectivity index (χ0n) is 11.8. The van der Waals surface area contributed by atoms with Crippen molar-refractivity contribution in [3.05, 3.63) is 0 Å². The molecule has 0 radical (unpaired) electrons. The SMILES string of the molecule is CC(CCCC(C)C(=O)O)NC(=O)Nc1nnn(C)n1. The van der Waals surface area contributed by atoms with Gasteiger partial charge in [0, 0.05) is 6.04 Å². The maximum atomic E-state index is 11.6. The summed E-state index contributed by atoms with van der Waals surface area (Å²) in [6, 6.07) is -0.468. The second kappa shape index (κ2) is 7.41. The number of rotatable bonds is 7. The maximum absolute atomic E-state index is 11.6. The summed E-state index contributed by atoms with van der Waals surface area (Å²) in [6.07, 6.45) is 2.03. The van der Waals surface area contributed by atoms with Crippen LogP contribution < -0.4 is 10.6 Å². The monoisotopic (exact) mass is 284 g/mol. The van der Waals surface area contributed by atoms with Crippen molar-refractivity contribution in [2.75, 3.05) is 5.32 Å². The lowest BCUT2D eigenvalue weighted by Crippen LogP contribution is -2.36. The van der Waals surface area contributed by atoms with Crippen LogP contribution in [0, 0.1) is 5.92 Å². The second-order valence-corrected chi connectivity index (χ2v) is 4.77. The highest BCUT2D eigenvalue weighted by Crippen LogP contribution is 2.09. The van der Waals surface area contributed by atoms with Crippen LogP contribution >= 0.6 is 0 Å². The lowest BCUT2D eigenvalue weighted by molar-refractivity contribution is -0.141. The molecule has 0 aliphatic rings. The Morgan fingerprint density at radius 1 is 1.35 bits per heavy atom. The molecule has 1 heterocycles. The highest BCUT2D eigenvalue weighted by molar-refractivity contribution is 5.87. The van der Waals surface area contributed by atoms with Gasteiger partial charge in [-0.3, -0.25) is 10.1 Å². The average molecular weight is 284 g/mol. The van der Waals surface area contributed by atoms with Crippen molar-refractivity contribution in [3.63, 3.8) is 0 Å². The number of carbonyl (C=O) groups is 2. The molecule has 0 saturated heterocycles. The molecule has 9 nitrogen and oxygen atoms in total. The first-order valence-electron chi connectivity index (χ1n) is 6.42. The van der Waals surface area contributed by atoms with Gasteiger partial charge in [-0.1, -0.05) is 18.4 Å². The molecule has 0 aliphatic carbocycles. The van der Waals surface area contributed by atoms with E-state index in [0.717, 1.165) is 6.42 Å². The largest absolute Gasteiger partial charge is 0.481 e. The number of hydrogen-bond donors (Lipinski definition) is 3. The van der Waals surface area contributed by atoms with Gasteiger partial charge in [-0.2, -0.15) is 4.80 Å². The summed E-state index contributed by atoms with van der Waals surface area (Å²) in [4.78, 5) is 23.5. The molecule has 2 atom stereocenters. The molecule has 2 amide bonds. The smallest absolute Gasteiger partial charge is 0.321 e. The normalized spacial score (nSPS) is 13.6. The number of carbonyl (C=O) groups excluding carboxylic acids is 1. The van der Waals surface area contributed by atoms with Crippen LogP contribution in [0.2, 0.25) is 0 Å². The van der Waals surface area contributed by atoms with Crippen molar-refractivity contribution >= 4 is 17.9 Å². The lowest BCUT2D eigenvalue weighted by atomic mass is 10.0. The van der Waals surface area contributed by atoms with Gasteiger partial charge in [-0.25, -0.2) is 4.79 Å². The van der Waals surface area contributed by atoms with Gasteiger partial charge in [0.2, 0.25) is 0 Å². The number of urea groups is 1. The fourth-order valence-electron chi connectivity index (χ4n) is 1.62. The number of carboxylic acids is 1. The van der Waals surface area contributed by atoms with E-state index < -0.39 is 12.0 Å². The number of tetrazole rings is 1. The summed E-state index contributed by atoms with van der Waals surface area (Å²) in [5.74, 6) is -1.02. The van der Waals surface area contributed by atoms with Crippen LogP contribution in [0.4, 0.5) is 10.7 Å². The summed E-state index contributed by atoms with van der Waals surface area (Å²) in [7, 11) is 1.60. The molecule has 20 heavy (non-hydrogen) atoms. The van der Waals surface area contributed by atoms with E-state index >= 15 is 0 Å². The molecule has 0 bridgehead atoms. The van der Waals surface area contributed by atoms with Gasteiger partial charge >= 0.3 is 12.0 Å². The van der Waals surface area contributed by atoms with Crippen LogP contribution in [-0.2, 0) is 11.8 Å². The molecular formula is C11H20N6O3. The standard InChI is InChI=1S/C11H20N6O3/c1-7(9(18)19)5-4-6-8(2)12-11(20)13-10-14-16-17(3)15-10/h7-8H,4-6H2,1-3H3,(H,18,19)(H2,12,13,15,20). The lowest BCUT2D eigenvalue weighted by Gasteiger charge is -2.14. The molecule has 9 heteroatoms. The van der Waals surface area contributed by atoms with Gasteiger partial charge in [0.1, 0.15) is 0 Å². The van der Waals surface area contributed by atoms with E-state index in [1.54, 1.807) is 14.0 Å². The minimum Gasteiger partial charge on any atom is -0.481 e. The van der Waals surface area contributed by atoms with E-state index in [1.165, 1.54) is 4.80 Å². The molecule has 2 unspecified atom stereocenters. The van der Waals surface area contributed by atoms with Crippen molar-refractivity contribution in [2.45, 2.75) is 39.2 Å². The maximum Gasteiger partial charge on any atom is 0.321 e. The molecule has 3 N–H and O–H groups in total. The van der Waals surface area contributed by atoms with Crippen LogP contribution in [0.1, 0.15) is 33.1 Å². The Bertz CT molecular complexity index is 461. The average Bonchev–Trinajstić information content (AvgIpc) is 2.73. The highest BCUT2D eigenvalue weighted by atomic mass is 16.4. The molecule has 1 rings (SSSR count). The van der Waals surface area contributed by atoms with E-state index in [-0.39, 0.29) is 17.9 Å². The number of hydrogen-bond acceptors (Lipinski definition) is 5. The Balaban J connectivity index is 2.23. The first-order chi connectivity index (χ1) is 9.38. The number of anilines is 1. The van der Waals surface area contributed by atoms with Crippen molar-refractivity contribution in [1.29, 1.82) is 0 Å². The Kier molecular flexibility index (Phi) is 5.88. The van der Waals surface area contributed by atoms with E-state index in [0.29, 0.717) is 12.8 Å². The predicted octanol–water partition coefficient (Wildman–Crippen LogP) is 0.611. The third-order valence-electron chi connectivity index (χ3n) is 2.81. The molecular weight excluding hydrogens is 264 g/mol. The first-order valence-corrected chi connectivity index (χ1v) is 6.42. The zero-order chi connectivity index (χ0) is 15.1. The number of aliphatic carboxylic acids is 1. The summed E-state index contributed by atoms with van der Waals surface area (Å²) < 4.78 is 0. The van der Waals surface area contributed by atoms with E-state index in [9.17, 15) is 9.59 Å². The Morgan fingerprint density at radius 2 is 2.05 bits per heavy atom. The van der Waals surface area contributed by atoms with Crippen molar-refractivity contribution in [2.24, 2.45) is 13.0 Å². The first kappa shape index (κ1) is 15.9. The fraction of sp³-hybridized carbons (Fsp3) is 0.727. The van der Waals surface area contributed by atoms with Crippen molar-refractivity contribution in [1.82, 2.24) is 25.5 Å². The molecule has 112 valence electrons. The Labute approximate surface area is 116 Å². The quantitative estimate of drug-likeness (QED) is 0.674. The number of nitrogens with one attached hydrogen (secondary N) is 2. The van der Waals surface area contributed by atoms with Crippen LogP contribution in [-0.4, -0.2) is 43.4 Å². The minimum atomic E-state index is -0.794. The van der Waals surface area contributed by atoms with Crippen LogP contribution in [0.25, 0.3) is 0 Å². The number of aryl methyl sites for hydroxylation is 1. The van der Waals surface area contributed by atoms with Crippen LogP contribution in [0.5, 0.6) is 0 Å². The third-order valence-corrected chi connectivity index (χ3v) is 2.81. The van der Waals surface area contributed by atoms with Gasteiger partial charge in [0.15, 0.2) is 0 Å². The highest BCUT2D eigenvalue weighted by Gasteiger charge is 2.13. The predicted molar refractivity (Wildman–Crippen MR) is 71.1 cm³/mol. The minimum absolute atomic E-state index is 0.0623. The number of aromatic nitrogens is 4.